The molecule has 2 rings (SSSR count). The minimum atomic E-state index is -1.10. The molecule has 1 atom stereocenters. The normalized spacial score (nSPS) is 22.2. The van der Waals surface area contributed by atoms with Gasteiger partial charge in [0.05, 0.1) is 5.56 Å². The summed E-state index contributed by atoms with van der Waals surface area (Å²) in [6, 6.07) is 2.82. The molecule has 2 N–H and O–H groups in total. The second kappa shape index (κ2) is 5.61. The van der Waals surface area contributed by atoms with Crippen molar-refractivity contribution < 1.29 is 14.7 Å². The molecular weight excluding hydrogens is 264 g/mol. The van der Waals surface area contributed by atoms with Gasteiger partial charge in [0.25, 0.3) is 5.91 Å². The molecule has 1 aromatic heterocycles. The third-order valence-corrected chi connectivity index (χ3v) is 4.71. The van der Waals surface area contributed by atoms with Crippen molar-refractivity contribution in [3.8, 4) is 0 Å². The second-order valence-electron chi connectivity index (χ2n) is 4.82. The van der Waals surface area contributed by atoms with E-state index in [0.29, 0.717) is 12.1 Å². The van der Waals surface area contributed by atoms with E-state index < -0.39 is 5.97 Å². The standard InChI is InChI=1S/C13H16N2O3S/c1-13(5-2-6-19-13)8-15-11(16)9-3-4-10(12(17)18)14-7-9/h3-4,7H,2,5-6,8H2,1H3,(H,15,16)(H,17,18)/t13-/m1/s1. The van der Waals surface area contributed by atoms with Gasteiger partial charge in [-0.3, -0.25) is 4.79 Å². The summed E-state index contributed by atoms with van der Waals surface area (Å²) >= 11 is 1.88. The summed E-state index contributed by atoms with van der Waals surface area (Å²) < 4.78 is 0.115. The number of carbonyl (C=O) groups excluding carboxylic acids is 1. The number of nitrogens with zero attached hydrogens (tertiary/aromatic N) is 1. The van der Waals surface area contributed by atoms with Gasteiger partial charge in [-0.05, 0) is 37.7 Å². The van der Waals surface area contributed by atoms with Crippen molar-refractivity contribution in [1.82, 2.24) is 10.3 Å². The smallest absolute Gasteiger partial charge is 0.354 e. The highest BCUT2D eigenvalue weighted by molar-refractivity contribution is 8.00. The maximum absolute atomic E-state index is 11.9. The van der Waals surface area contributed by atoms with E-state index in [2.05, 4.69) is 17.2 Å². The molecule has 1 aliphatic heterocycles. The Morgan fingerprint density at radius 1 is 1.53 bits per heavy atom. The number of pyridine rings is 1. The van der Waals surface area contributed by atoms with Crippen LogP contribution in [0.25, 0.3) is 0 Å². The van der Waals surface area contributed by atoms with Gasteiger partial charge in [0.2, 0.25) is 0 Å². The molecule has 0 aromatic carbocycles. The predicted octanol–water partition coefficient (Wildman–Crippen LogP) is 1.80. The predicted molar refractivity (Wildman–Crippen MR) is 73.6 cm³/mol. The number of aromatic carboxylic acids is 1. The molecule has 0 radical (unpaired) electrons. The van der Waals surface area contributed by atoms with Gasteiger partial charge in [-0.2, -0.15) is 11.8 Å². The molecule has 102 valence electrons. The van der Waals surface area contributed by atoms with Crippen LogP contribution in [0.4, 0.5) is 0 Å². The molecule has 0 spiro atoms. The molecule has 1 fully saturated rings. The summed E-state index contributed by atoms with van der Waals surface area (Å²) in [5.74, 6) is -0.165. The zero-order valence-corrected chi connectivity index (χ0v) is 11.5. The lowest BCUT2D eigenvalue weighted by Gasteiger charge is -2.22. The van der Waals surface area contributed by atoms with Gasteiger partial charge in [-0.15, -0.1) is 0 Å². The molecule has 6 heteroatoms. The summed E-state index contributed by atoms with van der Waals surface area (Å²) in [4.78, 5) is 26.3. The quantitative estimate of drug-likeness (QED) is 0.879. The first-order valence-corrected chi connectivity index (χ1v) is 7.10. The molecule has 1 saturated heterocycles. The van der Waals surface area contributed by atoms with Crippen LogP contribution in [-0.2, 0) is 0 Å². The fourth-order valence-electron chi connectivity index (χ4n) is 2.00. The van der Waals surface area contributed by atoms with E-state index >= 15 is 0 Å². The minimum absolute atomic E-state index is 0.0603. The molecule has 0 saturated carbocycles. The van der Waals surface area contributed by atoms with Gasteiger partial charge >= 0.3 is 5.97 Å². The molecule has 0 aliphatic carbocycles. The highest BCUT2D eigenvalue weighted by Gasteiger charge is 2.29. The third-order valence-electron chi connectivity index (χ3n) is 3.17. The first-order valence-electron chi connectivity index (χ1n) is 6.12. The van der Waals surface area contributed by atoms with E-state index in [9.17, 15) is 9.59 Å². The number of amides is 1. The second-order valence-corrected chi connectivity index (χ2v) is 6.50. The number of carboxylic acids is 1. The van der Waals surface area contributed by atoms with Crippen molar-refractivity contribution in [3.63, 3.8) is 0 Å². The monoisotopic (exact) mass is 280 g/mol. The van der Waals surface area contributed by atoms with E-state index in [0.717, 1.165) is 12.2 Å². The zero-order chi connectivity index (χ0) is 13.9. The average Bonchev–Trinajstić information content (AvgIpc) is 2.83. The number of carbonyl (C=O) groups is 2. The lowest BCUT2D eigenvalue weighted by molar-refractivity contribution is 0.0689. The van der Waals surface area contributed by atoms with E-state index in [-0.39, 0.29) is 16.3 Å². The van der Waals surface area contributed by atoms with Crippen molar-refractivity contribution in [1.29, 1.82) is 0 Å². The number of aromatic nitrogens is 1. The largest absolute Gasteiger partial charge is 0.477 e. The van der Waals surface area contributed by atoms with Crippen molar-refractivity contribution in [2.45, 2.75) is 24.5 Å². The number of hydrogen-bond donors (Lipinski definition) is 2. The average molecular weight is 280 g/mol. The Balaban J connectivity index is 1.94. The number of thioether (sulfide) groups is 1. The summed E-state index contributed by atoms with van der Waals surface area (Å²) in [6.45, 7) is 2.77. The Hall–Kier alpha value is -1.56. The highest BCUT2D eigenvalue weighted by atomic mass is 32.2. The fraction of sp³-hybridized carbons (Fsp3) is 0.462. The third kappa shape index (κ3) is 3.47. The molecule has 1 aliphatic rings. The Kier molecular flexibility index (Phi) is 4.09. The first-order chi connectivity index (χ1) is 9.00. The van der Waals surface area contributed by atoms with Gasteiger partial charge in [0.15, 0.2) is 0 Å². The van der Waals surface area contributed by atoms with Crippen LogP contribution in [0.1, 0.15) is 40.6 Å². The molecule has 0 unspecified atom stereocenters. The summed E-state index contributed by atoms with van der Waals surface area (Å²) in [7, 11) is 0. The van der Waals surface area contributed by atoms with E-state index in [1.807, 2.05) is 11.8 Å². The molecule has 2 heterocycles. The van der Waals surface area contributed by atoms with Gasteiger partial charge in [0, 0.05) is 17.5 Å². The fourth-order valence-corrected chi connectivity index (χ4v) is 3.24. The number of carboxylic acid groups (broad SMARTS) is 1. The Morgan fingerprint density at radius 3 is 2.84 bits per heavy atom. The SMILES string of the molecule is C[C@]1(CNC(=O)c2ccc(C(=O)O)nc2)CCCS1. The maximum atomic E-state index is 11.9. The van der Waals surface area contributed by atoms with E-state index in [4.69, 9.17) is 5.11 Å². The molecule has 5 nitrogen and oxygen atoms in total. The molecule has 19 heavy (non-hydrogen) atoms. The lowest BCUT2D eigenvalue weighted by Crippen LogP contribution is -2.36. The van der Waals surface area contributed by atoms with Crippen molar-refractivity contribution in [2.75, 3.05) is 12.3 Å². The Labute approximate surface area is 115 Å². The van der Waals surface area contributed by atoms with Crippen LogP contribution < -0.4 is 5.32 Å². The molecule has 1 aromatic rings. The van der Waals surface area contributed by atoms with Crippen molar-refractivity contribution >= 4 is 23.6 Å². The molecule has 1 amide bonds. The van der Waals surface area contributed by atoms with Crippen LogP contribution in [0.15, 0.2) is 18.3 Å². The molecular formula is C13H16N2O3S. The van der Waals surface area contributed by atoms with Crippen molar-refractivity contribution in [2.24, 2.45) is 0 Å². The summed E-state index contributed by atoms with van der Waals surface area (Å²) in [5.41, 5.74) is 0.325. The summed E-state index contributed by atoms with van der Waals surface area (Å²) in [6.07, 6.45) is 3.59. The van der Waals surface area contributed by atoms with E-state index in [1.165, 1.54) is 24.8 Å². The molecule has 0 bridgehead atoms. The number of hydrogen-bond acceptors (Lipinski definition) is 4. The van der Waals surface area contributed by atoms with Crippen molar-refractivity contribution in [3.05, 3.63) is 29.6 Å². The maximum Gasteiger partial charge on any atom is 0.354 e. The van der Waals surface area contributed by atoms with Crippen LogP contribution >= 0.6 is 11.8 Å². The van der Waals surface area contributed by atoms with Gasteiger partial charge in [-0.1, -0.05) is 0 Å². The number of nitrogens with one attached hydrogen (secondary N) is 1. The van der Waals surface area contributed by atoms with Crippen LogP contribution in [0.2, 0.25) is 0 Å². The minimum Gasteiger partial charge on any atom is -0.477 e. The van der Waals surface area contributed by atoms with Crippen LogP contribution in [0, 0.1) is 0 Å². The highest BCUT2D eigenvalue weighted by Crippen LogP contribution is 2.36. The van der Waals surface area contributed by atoms with E-state index in [1.54, 1.807) is 0 Å². The van der Waals surface area contributed by atoms with Gasteiger partial charge in [-0.25, -0.2) is 9.78 Å². The topological polar surface area (TPSA) is 79.3 Å². The van der Waals surface area contributed by atoms with Gasteiger partial charge < -0.3 is 10.4 Å². The van der Waals surface area contributed by atoms with Crippen LogP contribution in [0.3, 0.4) is 0 Å². The number of rotatable bonds is 4. The Morgan fingerprint density at radius 2 is 2.32 bits per heavy atom. The van der Waals surface area contributed by atoms with Gasteiger partial charge in [0.1, 0.15) is 5.69 Å². The summed E-state index contributed by atoms with van der Waals surface area (Å²) in [5, 5.41) is 11.6. The zero-order valence-electron chi connectivity index (χ0n) is 10.7. The van der Waals surface area contributed by atoms with Crippen LogP contribution in [-0.4, -0.2) is 39.0 Å². The van der Waals surface area contributed by atoms with Crippen LogP contribution in [0.5, 0.6) is 0 Å². The lowest BCUT2D eigenvalue weighted by atomic mass is 10.1. The first kappa shape index (κ1) is 13.9. The Bertz CT molecular complexity index is 481.